The van der Waals surface area contributed by atoms with Crippen LogP contribution in [0.4, 0.5) is 0 Å². The van der Waals surface area contributed by atoms with Gasteiger partial charge < -0.3 is 16.2 Å². The fraction of sp³-hybridized carbons (Fsp3) is 0.600. The molecule has 0 aliphatic rings. The smallest absolute Gasteiger partial charge is 0.247 e. The lowest BCUT2D eigenvalue weighted by Gasteiger charge is -2.09. The molecule has 16 heavy (non-hydrogen) atoms. The number of primary amides is 1. The maximum Gasteiger partial charge on any atom is 0.247 e. The van der Waals surface area contributed by atoms with Crippen LogP contribution in [0.5, 0.6) is 0 Å². The Bertz CT molecular complexity index is 337. The molecule has 0 fully saturated rings. The van der Waals surface area contributed by atoms with Crippen LogP contribution < -0.4 is 11.1 Å². The Hall–Kier alpha value is -1.40. The van der Waals surface area contributed by atoms with E-state index < -0.39 is 12.0 Å². The molecule has 1 unspecified atom stereocenters. The molecule has 6 heteroatoms. The summed E-state index contributed by atoms with van der Waals surface area (Å²) < 4.78 is 1.89. The van der Waals surface area contributed by atoms with Gasteiger partial charge in [0.15, 0.2) is 0 Å². The van der Waals surface area contributed by atoms with Gasteiger partial charge in [0.2, 0.25) is 5.91 Å². The molecule has 1 aromatic rings. The zero-order chi connectivity index (χ0) is 12.0. The van der Waals surface area contributed by atoms with Crippen LogP contribution in [0.15, 0.2) is 12.3 Å². The molecule has 1 heterocycles. The fourth-order valence-corrected chi connectivity index (χ4v) is 1.36. The van der Waals surface area contributed by atoms with Crippen molar-refractivity contribution >= 4 is 5.91 Å². The van der Waals surface area contributed by atoms with Gasteiger partial charge in [-0.25, -0.2) is 0 Å². The molecule has 90 valence electrons. The number of hydrogen-bond acceptors (Lipinski definition) is 4. The van der Waals surface area contributed by atoms with E-state index >= 15 is 0 Å². The second-order valence-corrected chi connectivity index (χ2v) is 3.59. The van der Waals surface area contributed by atoms with Crippen molar-refractivity contribution in [2.45, 2.75) is 32.5 Å². The van der Waals surface area contributed by atoms with Crippen molar-refractivity contribution in [3.05, 3.63) is 18.0 Å². The maximum absolute atomic E-state index is 10.6. The molecular weight excluding hydrogens is 208 g/mol. The van der Waals surface area contributed by atoms with Crippen LogP contribution in [0, 0.1) is 0 Å². The van der Waals surface area contributed by atoms with E-state index in [-0.39, 0.29) is 6.54 Å². The van der Waals surface area contributed by atoms with Gasteiger partial charge in [-0.05, 0) is 12.5 Å². The second-order valence-electron chi connectivity index (χ2n) is 3.59. The number of carbonyl (C=O) groups excluding carboxylic acids is 1. The number of aliphatic hydroxyl groups excluding tert-OH is 1. The molecule has 0 aliphatic carbocycles. The lowest BCUT2D eigenvalue weighted by atomic mass is 10.3. The topological polar surface area (TPSA) is 93.2 Å². The highest BCUT2D eigenvalue weighted by Crippen LogP contribution is 1.99. The number of amides is 1. The predicted molar refractivity (Wildman–Crippen MR) is 59.4 cm³/mol. The first-order chi connectivity index (χ1) is 7.65. The van der Waals surface area contributed by atoms with Crippen molar-refractivity contribution in [2.24, 2.45) is 5.73 Å². The molecule has 0 spiro atoms. The summed E-state index contributed by atoms with van der Waals surface area (Å²) in [5.74, 6) is -0.713. The molecule has 1 atom stereocenters. The lowest BCUT2D eigenvalue weighted by Crippen LogP contribution is -2.37. The van der Waals surface area contributed by atoms with Gasteiger partial charge in [-0.1, -0.05) is 6.92 Å². The molecule has 1 amide bonds. The summed E-state index contributed by atoms with van der Waals surface area (Å²) in [5.41, 5.74) is 5.95. The minimum Gasteiger partial charge on any atom is -0.382 e. The molecule has 1 rings (SSSR count). The third-order valence-electron chi connectivity index (χ3n) is 2.21. The van der Waals surface area contributed by atoms with Crippen LogP contribution in [0.2, 0.25) is 0 Å². The van der Waals surface area contributed by atoms with Gasteiger partial charge in [0.1, 0.15) is 6.10 Å². The van der Waals surface area contributed by atoms with Crippen LogP contribution in [0.3, 0.4) is 0 Å². The summed E-state index contributed by atoms with van der Waals surface area (Å²) in [5, 5.41) is 16.3. The Labute approximate surface area is 94.4 Å². The van der Waals surface area contributed by atoms with Crippen LogP contribution in [0.1, 0.15) is 19.0 Å². The number of aromatic nitrogens is 2. The maximum atomic E-state index is 10.6. The SMILES string of the molecule is CCCn1nccc1CNCC(O)C(N)=O. The average Bonchev–Trinajstić information content (AvgIpc) is 2.66. The van der Waals surface area contributed by atoms with Gasteiger partial charge in [-0.15, -0.1) is 0 Å². The number of carbonyl (C=O) groups is 1. The van der Waals surface area contributed by atoms with Gasteiger partial charge in [-0.2, -0.15) is 5.10 Å². The number of rotatable bonds is 7. The lowest BCUT2D eigenvalue weighted by molar-refractivity contribution is -0.125. The molecule has 0 radical (unpaired) electrons. The number of aliphatic hydroxyl groups is 1. The highest BCUT2D eigenvalue weighted by molar-refractivity contribution is 5.78. The van der Waals surface area contributed by atoms with Crippen molar-refractivity contribution in [3.63, 3.8) is 0 Å². The summed E-state index contributed by atoms with van der Waals surface area (Å²) in [6, 6.07) is 1.90. The number of nitrogens with two attached hydrogens (primary N) is 1. The number of nitrogens with one attached hydrogen (secondary N) is 1. The van der Waals surface area contributed by atoms with Crippen molar-refractivity contribution in [3.8, 4) is 0 Å². The first-order valence-corrected chi connectivity index (χ1v) is 5.34. The molecule has 0 saturated carbocycles. The van der Waals surface area contributed by atoms with E-state index in [4.69, 9.17) is 10.8 Å². The molecule has 4 N–H and O–H groups in total. The second kappa shape index (κ2) is 6.24. The van der Waals surface area contributed by atoms with Crippen molar-refractivity contribution in [1.82, 2.24) is 15.1 Å². The highest BCUT2D eigenvalue weighted by atomic mass is 16.3. The Morgan fingerprint density at radius 3 is 3.12 bits per heavy atom. The van der Waals surface area contributed by atoms with E-state index in [0.717, 1.165) is 18.7 Å². The van der Waals surface area contributed by atoms with Crippen LogP contribution in [-0.2, 0) is 17.9 Å². The van der Waals surface area contributed by atoms with Crippen LogP contribution in [0.25, 0.3) is 0 Å². The first-order valence-electron chi connectivity index (χ1n) is 5.34. The summed E-state index contributed by atoms with van der Waals surface area (Å²) >= 11 is 0. The molecule has 6 nitrogen and oxygen atoms in total. The summed E-state index contributed by atoms with van der Waals surface area (Å²) in [4.78, 5) is 10.6. The molecule has 0 aliphatic heterocycles. The molecule has 0 bridgehead atoms. The van der Waals surface area contributed by atoms with E-state index in [9.17, 15) is 4.79 Å². The quantitative estimate of drug-likeness (QED) is 0.569. The number of hydrogen-bond donors (Lipinski definition) is 3. The van der Waals surface area contributed by atoms with Gasteiger partial charge in [0.05, 0.1) is 5.69 Å². The molecule has 1 aromatic heterocycles. The van der Waals surface area contributed by atoms with E-state index in [2.05, 4.69) is 17.3 Å². The monoisotopic (exact) mass is 226 g/mol. The number of aryl methyl sites for hydroxylation is 1. The predicted octanol–water partition coefficient (Wildman–Crippen LogP) is -0.771. The minimum atomic E-state index is -1.14. The molecule has 0 saturated heterocycles. The van der Waals surface area contributed by atoms with Gasteiger partial charge in [-0.3, -0.25) is 9.48 Å². The van der Waals surface area contributed by atoms with E-state index in [1.807, 2.05) is 10.7 Å². The summed E-state index contributed by atoms with van der Waals surface area (Å²) in [6.07, 6.45) is 1.61. The normalized spacial score (nSPS) is 12.6. The van der Waals surface area contributed by atoms with E-state index in [0.29, 0.717) is 6.54 Å². The average molecular weight is 226 g/mol. The Kier molecular flexibility index (Phi) is 4.94. The standard InChI is InChI=1S/C10H18N4O2/c1-2-5-14-8(3-4-13-14)6-12-7-9(15)10(11)16/h3-4,9,12,15H,2,5-7H2,1H3,(H2,11,16). The zero-order valence-corrected chi connectivity index (χ0v) is 9.39. The highest BCUT2D eigenvalue weighted by Gasteiger charge is 2.10. The summed E-state index contributed by atoms with van der Waals surface area (Å²) in [7, 11) is 0. The number of nitrogens with zero attached hydrogens (tertiary/aromatic N) is 2. The minimum absolute atomic E-state index is 0.159. The largest absolute Gasteiger partial charge is 0.382 e. The zero-order valence-electron chi connectivity index (χ0n) is 9.39. The Morgan fingerprint density at radius 2 is 2.50 bits per heavy atom. The van der Waals surface area contributed by atoms with Crippen molar-refractivity contribution < 1.29 is 9.90 Å². The van der Waals surface area contributed by atoms with Crippen molar-refractivity contribution in [1.29, 1.82) is 0 Å². The third kappa shape index (κ3) is 3.63. The molecule has 0 aromatic carbocycles. The third-order valence-corrected chi connectivity index (χ3v) is 2.21. The van der Waals surface area contributed by atoms with Crippen LogP contribution >= 0.6 is 0 Å². The summed E-state index contributed by atoms with van der Waals surface area (Å²) in [6.45, 7) is 3.66. The molecular formula is C10H18N4O2. The van der Waals surface area contributed by atoms with Crippen LogP contribution in [-0.4, -0.2) is 33.4 Å². The fourth-order valence-electron chi connectivity index (χ4n) is 1.36. The van der Waals surface area contributed by atoms with Gasteiger partial charge in [0, 0.05) is 25.8 Å². The van der Waals surface area contributed by atoms with Gasteiger partial charge >= 0.3 is 0 Å². The van der Waals surface area contributed by atoms with E-state index in [1.165, 1.54) is 0 Å². The van der Waals surface area contributed by atoms with E-state index in [1.54, 1.807) is 6.20 Å². The Balaban J connectivity index is 2.36. The Morgan fingerprint density at radius 1 is 1.75 bits per heavy atom. The first kappa shape index (κ1) is 12.7. The van der Waals surface area contributed by atoms with Crippen molar-refractivity contribution in [2.75, 3.05) is 6.54 Å². The van der Waals surface area contributed by atoms with Gasteiger partial charge in [0.25, 0.3) is 0 Å².